The van der Waals surface area contributed by atoms with Gasteiger partial charge in [0, 0.05) is 37.0 Å². The standard InChI is InChI=1S/C24H22F5N3O2/c1-3-5-20(30-12-31-23(33)15-6-4-7-32(2)24(15)34)16-8-13(9-19(28)22(16)29)21-17(26)10-14(25)11-18(21)27/h4,6-11,20,30H,3,5,12H2,1-2H3,(H,31,33). The Bertz CT molecular complexity index is 1250. The second kappa shape index (κ2) is 10.6. The minimum atomic E-state index is -1.34. The van der Waals surface area contributed by atoms with Crippen molar-refractivity contribution in [2.45, 2.75) is 25.8 Å². The fraction of sp³-hybridized carbons (Fsp3) is 0.250. The van der Waals surface area contributed by atoms with E-state index in [2.05, 4.69) is 10.6 Å². The fourth-order valence-electron chi connectivity index (χ4n) is 3.60. The van der Waals surface area contributed by atoms with Gasteiger partial charge in [-0.3, -0.25) is 14.9 Å². The summed E-state index contributed by atoms with van der Waals surface area (Å²) in [5.74, 6) is -6.88. The molecule has 3 rings (SSSR count). The van der Waals surface area contributed by atoms with Gasteiger partial charge in [-0.25, -0.2) is 22.0 Å². The molecule has 2 N–H and O–H groups in total. The van der Waals surface area contributed by atoms with Gasteiger partial charge >= 0.3 is 0 Å². The second-order valence-corrected chi connectivity index (χ2v) is 7.67. The smallest absolute Gasteiger partial charge is 0.263 e. The van der Waals surface area contributed by atoms with Crippen LogP contribution in [0.25, 0.3) is 11.1 Å². The molecule has 1 heterocycles. The maximum Gasteiger partial charge on any atom is 0.263 e. The Morgan fingerprint density at radius 2 is 1.71 bits per heavy atom. The minimum absolute atomic E-state index is 0.0969. The maximum absolute atomic E-state index is 14.7. The SMILES string of the molecule is CCCC(NCNC(=O)c1cccn(C)c1=O)c1cc(-c2c(F)cc(F)cc2F)cc(F)c1F. The van der Waals surface area contributed by atoms with E-state index in [0.29, 0.717) is 24.6 Å². The van der Waals surface area contributed by atoms with Gasteiger partial charge in [0.25, 0.3) is 11.5 Å². The molecule has 0 radical (unpaired) electrons. The average molecular weight is 479 g/mol. The highest BCUT2D eigenvalue weighted by atomic mass is 19.2. The molecule has 10 heteroatoms. The molecule has 180 valence electrons. The van der Waals surface area contributed by atoms with Gasteiger partial charge in [0.05, 0.1) is 12.2 Å². The summed E-state index contributed by atoms with van der Waals surface area (Å²) in [6, 6.07) is 4.65. The Balaban J connectivity index is 1.87. The number of rotatable bonds is 8. The van der Waals surface area contributed by atoms with Crippen molar-refractivity contribution in [3.05, 3.63) is 93.2 Å². The van der Waals surface area contributed by atoms with E-state index in [1.807, 2.05) is 0 Å². The summed E-state index contributed by atoms with van der Waals surface area (Å²) in [6.45, 7) is 1.59. The molecule has 5 nitrogen and oxygen atoms in total. The Labute approximate surface area is 192 Å². The van der Waals surface area contributed by atoms with Crippen molar-refractivity contribution >= 4 is 5.91 Å². The van der Waals surface area contributed by atoms with Crippen LogP contribution in [0.15, 0.2) is 47.4 Å². The van der Waals surface area contributed by atoms with E-state index in [0.717, 1.165) is 6.07 Å². The fourth-order valence-corrected chi connectivity index (χ4v) is 3.60. The van der Waals surface area contributed by atoms with E-state index < -0.39 is 52.2 Å². The van der Waals surface area contributed by atoms with Crippen LogP contribution < -0.4 is 16.2 Å². The van der Waals surface area contributed by atoms with E-state index >= 15 is 0 Å². The van der Waals surface area contributed by atoms with Crippen molar-refractivity contribution in [2.75, 3.05) is 6.67 Å². The van der Waals surface area contributed by atoms with E-state index in [9.17, 15) is 31.5 Å². The number of aryl methyl sites for hydroxylation is 1. The van der Waals surface area contributed by atoms with Crippen LogP contribution in [0.2, 0.25) is 0 Å². The zero-order chi connectivity index (χ0) is 25.0. The molecule has 2 aromatic carbocycles. The number of carbonyl (C=O) groups excluding carboxylic acids is 1. The van der Waals surface area contributed by atoms with E-state index in [-0.39, 0.29) is 29.8 Å². The number of pyridine rings is 1. The van der Waals surface area contributed by atoms with Gasteiger partial charge in [0.2, 0.25) is 0 Å². The van der Waals surface area contributed by atoms with Crippen LogP contribution in [0, 0.1) is 29.1 Å². The normalized spacial score (nSPS) is 12.0. The summed E-state index contributed by atoms with van der Waals surface area (Å²) in [7, 11) is 1.49. The lowest BCUT2D eigenvalue weighted by Crippen LogP contribution is -2.39. The molecule has 0 spiro atoms. The molecule has 1 unspecified atom stereocenters. The number of hydrogen-bond donors (Lipinski definition) is 2. The molecular weight excluding hydrogens is 457 g/mol. The number of nitrogens with one attached hydrogen (secondary N) is 2. The number of nitrogens with zero attached hydrogens (tertiary/aromatic N) is 1. The third-order valence-corrected chi connectivity index (χ3v) is 5.27. The molecule has 0 fully saturated rings. The lowest BCUT2D eigenvalue weighted by atomic mass is 9.95. The monoisotopic (exact) mass is 479 g/mol. The van der Waals surface area contributed by atoms with Crippen molar-refractivity contribution in [3.63, 3.8) is 0 Å². The second-order valence-electron chi connectivity index (χ2n) is 7.67. The molecule has 0 aliphatic rings. The molecule has 1 amide bonds. The highest BCUT2D eigenvalue weighted by molar-refractivity contribution is 5.93. The van der Waals surface area contributed by atoms with Crippen LogP contribution >= 0.6 is 0 Å². The van der Waals surface area contributed by atoms with Crippen LogP contribution in [0.5, 0.6) is 0 Å². The predicted molar refractivity (Wildman–Crippen MR) is 116 cm³/mol. The third kappa shape index (κ3) is 5.33. The molecule has 0 saturated heterocycles. The minimum Gasteiger partial charge on any atom is -0.339 e. The van der Waals surface area contributed by atoms with Crippen LogP contribution in [0.4, 0.5) is 22.0 Å². The Morgan fingerprint density at radius 1 is 1.03 bits per heavy atom. The molecule has 3 aromatic rings. The first-order chi connectivity index (χ1) is 16.1. The first-order valence-electron chi connectivity index (χ1n) is 10.4. The van der Waals surface area contributed by atoms with E-state index in [4.69, 9.17) is 0 Å². The van der Waals surface area contributed by atoms with Crippen LogP contribution in [-0.4, -0.2) is 17.1 Å². The van der Waals surface area contributed by atoms with Gasteiger partial charge in [-0.05, 0) is 36.2 Å². The molecule has 0 bridgehead atoms. The van der Waals surface area contributed by atoms with Crippen LogP contribution in [-0.2, 0) is 7.05 Å². The van der Waals surface area contributed by atoms with E-state index in [1.54, 1.807) is 6.92 Å². The number of halogens is 5. The molecule has 1 aromatic heterocycles. The number of amides is 1. The zero-order valence-corrected chi connectivity index (χ0v) is 18.4. The summed E-state index contributed by atoms with van der Waals surface area (Å²) < 4.78 is 72.1. The summed E-state index contributed by atoms with van der Waals surface area (Å²) in [5, 5.41) is 5.35. The topological polar surface area (TPSA) is 63.1 Å². The largest absolute Gasteiger partial charge is 0.339 e. The van der Waals surface area contributed by atoms with Gasteiger partial charge < -0.3 is 9.88 Å². The molecule has 34 heavy (non-hydrogen) atoms. The van der Waals surface area contributed by atoms with Gasteiger partial charge in [0.15, 0.2) is 11.6 Å². The quantitative estimate of drug-likeness (QED) is 0.368. The van der Waals surface area contributed by atoms with Crippen molar-refractivity contribution < 1.29 is 26.7 Å². The first kappa shape index (κ1) is 25.1. The summed E-state index contributed by atoms with van der Waals surface area (Å²) in [6.07, 6.45) is 2.30. The van der Waals surface area contributed by atoms with Crippen molar-refractivity contribution in [1.29, 1.82) is 0 Å². The number of benzene rings is 2. The highest BCUT2D eigenvalue weighted by Crippen LogP contribution is 2.32. The highest BCUT2D eigenvalue weighted by Gasteiger charge is 2.23. The lowest BCUT2D eigenvalue weighted by Gasteiger charge is -2.21. The van der Waals surface area contributed by atoms with Crippen LogP contribution in [0.3, 0.4) is 0 Å². The first-order valence-corrected chi connectivity index (χ1v) is 10.4. The Kier molecular flexibility index (Phi) is 7.83. The van der Waals surface area contributed by atoms with Gasteiger partial charge in [-0.1, -0.05) is 13.3 Å². The number of carbonyl (C=O) groups is 1. The maximum atomic E-state index is 14.7. The number of aromatic nitrogens is 1. The summed E-state index contributed by atoms with van der Waals surface area (Å²) in [5.41, 5.74) is -1.81. The molecule has 1 atom stereocenters. The van der Waals surface area contributed by atoms with Crippen molar-refractivity contribution in [3.8, 4) is 11.1 Å². The summed E-state index contributed by atoms with van der Waals surface area (Å²) in [4.78, 5) is 24.4. The lowest BCUT2D eigenvalue weighted by molar-refractivity contribution is 0.0946. The molecule has 0 saturated carbocycles. The third-order valence-electron chi connectivity index (χ3n) is 5.27. The summed E-state index contributed by atoms with van der Waals surface area (Å²) >= 11 is 0. The number of hydrogen-bond acceptors (Lipinski definition) is 3. The van der Waals surface area contributed by atoms with Gasteiger partial charge in [0.1, 0.15) is 23.0 Å². The van der Waals surface area contributed by atoms with Crippen molar-refractivity contribution in [1.82, 2.24) is 15.2 Å². The molecular formula is C24H22F5N3O2. The van der Waals surface area contributed by atoms with Gasteiger partial charge in [-0.15, -0.1) is 0 Å². The molecule has 0 aliphatic carbocycles. The zero-order valence-electron chi connectivity index (χ0n) is 18.4. The average Bonchev–Trinajstić information content (AvgIpc) is 2.76. The Hall–Kier alpha value is -3.53. The van der Waals surface area contributed by atoms with Crippen molar-refractivity contribution in [2.24, 2.45) is 7.05 Å². The predicted octanol–water partition coefficient (Wildman–Crippen LogP) is 4.57. The Morgan fingerprint density at radius 3 is 2.35 bits per heavy atom. The molecule has 0 aliphatic heterocycles. The van der Waals surface area contributed by atoms with Crippen LogP contribution in [0.1, 0.15) is 41.7 Å². The van der Waals surface area contributed by atoms with Gasteiger partial charge in [-0.2, -0.15) is 0 Å². The van der Waals surface area contributed by atoms with E-state index in [1.165, 1.54) is 29.9 Å².